The number of nitrogens with zero attached hydrogens (tertiary/aromatic N) is 5. The molecule has 1 aromatic carbocycles. The van der Waals surface area contributed by atoms with Gasteiger partial charge in [-0.05, 0) is 43.5 Å². The zero-order chi connectivity index (χ0) is 21.4. The van der Waals surface area contributed by atoms with E-state index in [1.165, 1.54) is 23.1 Å². The van der Waals surface area contributed by atoms with Gasteiger partial charge in [0.25, 0.3) is 5.91 Å². The molecule has 2 aromatic heterocycles. The smallest absolute Gasteiger partial charge is 0.320 e. The molecule has 0 bridgehead atoms. The molecule has 1 atom stereocenters. The zero-order valence-electron chi connectivity index (χ0n) is 17.8. The van der Waals surface area contributed by atoms with E-state index in [-0.39, 0.29) is 6.01 Å². The first-order chi connectivity index (χ1) is 15.1. The Labute approximate surface area is 180 Å². The first kappa shape index (κ1) is 20.0. The molecule has 1 fully saturated rings. The van der Waals surface area contributed by atoms with Crippen molar-refractivity contribution in [2.75, 3.05) is 24.6 Å². The quantitative estimate of drug-likeness (QED) is 0.536. The van der Waals surface area contributed by atoms with Crippen LogP contribution < -0.4 is 9.64 Å². The number of aliphatic hydroxyl groups is 1. The van der Waals surface area contributed by atoms with Crippen molar-refractivity contribution in [1.29, 1.82) is 0 Å². The van der Waals surface area contributed by atoms with Crippen LogP contribution in [0, 0.1) is 0 Å². The van der Waals surface area contributed by atoms with Crippen LogP contribution in [0.25, 0.3) is 11.2 Å². The molecule has 0 radical (unpaired) electrons. The lowest BCUT2D eigenvalue weighted by molar-refractivity contribution is 0.0611. The number of aliphatic hydroxyl groups excluding tert-OH is 1. The Balaban J connectivity index is 1.42. The van der Waals surface area contributed by atoms with Crippen LogP contribution in [-0.2, 0) is 13.1 Å². The number of H-pyrrole nitrogens is 1. The molecule has 4 heterocycles. The summed E-state index contributed by atoms with van der Waals surface area (Å²) >= 11 is 0. The summed E-state index contributed by atoms with van der Waals surface area (Å²) < 4.78 is 7.00. The Morgan fingerprint density at radius 1 is 1.19 bits per heavy atom. The van der Waals surface area contributed by atoms with Gasteiger partial charge in [-0.25, -0.2) is 4.68 Å². The number of carbonyl (C=O) groups is 1. The van der Waals surface area contributed by atoms with E-state index < -0.39 is 12.1 Å². The molecule has 0 aliphatic carbocycles. The predicted octanol–water partition coefficient (Wildman–Crippen LogP) is 2.51. The summed E-state index contributed by atoms with van der Waals surface area (Å²) in [5.74, 6) is 0.0729. The van der Waals surface area contributed by atoms with Gasteiger partial charge in [0, 0.05) is 13.1 Å². The minimum Gasteiger partial charge on any atom is -0.463 e. The average molecular weight is 425 g/mol. The Morgan fingerprint density at radius 2 is 1.97 bits per heavy atom. The van der Waals surface area contributed by atoms with E-state index in [0.29, 0.717) is 30.1 Å². The number of ether oxygens (including phenoxy) is 1. The van der Waals surface area contributed by atoms with Crippen LogP contribution in [0.15, 0.2) is 24.3 Å². The monoisotopic (exact) mass is 424 g/mol. The highest BCUT2D eigenvalue weighted by Gasteiger charge is 2.37. The van der Waals surface area contributed by atoms with Crippen molar-refractivity contribution in [3.63, 3.8) is 0 Å². The van der Waals surface area contributed by atoms with E-state index in [9.17, 15) is 9.90 Å². The van der Waals surface area contributed by atoms with Crippen LogP contribution in [-0.4, -0.2) is 61.6 Å². The van der Waals surface area contributed by atoms with Gasteiger partial charge in [0.05, 0.1) is 6.61 Å². The largest absolute Gasteiger partial charge is 0.463 e. The number of aromatic amines is 1. The van der Waals surface area contributed by atoms with E-state index >= 15 is 0 Å². The number of carbonyl (C=O) groups excluding carboxylic acids is 1. The van der Waals surface area contributed by atoms with Crippen LogP contribution in [0.1, 0.15) is 48.5 Å². The van der Waals surface area contributed by atoms with Gasteiger partial charge in [-0.1, -0.05) is 37.6 Å². The van der Waals surface area contributed by atoms with E-state index in [1.54, 1.807) is 4.90 Å². The summed E-state index contributed by atoms with van der Waals surface area (Å²) in [7, 11) is 0. The van der Waals surface area contributed by atoms with Crippen molar-refractivity contribution in [3.05, 3.63) is 35.4 Å². The van der Waals surface area contributed by atoms with Crippen LogP contribution in [0.4, 0.5) is 5.82 Å². The normalized spacial score (nSPS) is 19.0. The second kappa shape index (κ2) is 8.32. The highest BCUT2D eigenvalue weighted by atomic mass is 16.5. The average Bonchev–Trinajstić information content (AvgIpc) is 3.25. The second-order valence-electron chi connectivity index (χ2n) is 8.32. The third-order valence-electron chi connectivity index (χ3n) is 5.97. The summed E-state index contributed by atoms with van der Waals surface area (Å²) in [6.07, 6.45) is 3.11. The number of anilines is 1. The molecule has 2 aliphatic rings. The van der Waals surface area contributed by atoms with Gasteiger partial charge >= 0.3 is 6.01 Å². The summed E-state index contributed by atoms with van der Waals surface area (Å²) in [6.45, 7) is 6.18. The second-order valence-corrected chi connectivity index (χ2v) is 8.32. The number of hydrogen-bond donors (Lipinski definition) is 2. The number of rotatable bonds is 8. The maximum Gasteiger partial charge on any atom is 0.320 e. The lowest BCUT2D eigenvalue weighted by Gasteiger charge is -2.35. The van der Waals surface area contributed by atoms with Gasteiger partial charge in [0.1, 0.15) is 0 Å². The van der Waals surface area contributed by atoms with Crippen molar-refractivity contribution in [2.45, 2.75) is 51.9 Å². The number of unbranched alkanes of at least 4 members (excludes halogenated alkanes) is 1. The topological polar surface area (TPSA) is 99.5 Å². The molecule has 5 rings (SSSR count). The van der Waals surface area contributed by atoms with Crippen molar-refractivity contribution in [1.82, 2.24) is 24.6 Å². The summed E-state index contributed by atoms with van der Waals surface area (Å²) in [5.41, 5.74) is 3.39. The fourth-order valence-electron chi connectivity index (χ4n) is 4.30. The maximum atomic E-state index is 12.6. The first-order valence-corrected chi connectivity index (χ1v) is 11.0. The molecule has 31 heavy (non-hydrogen) atoms. The lowest BCUT2D eigenvalue weighted by Crippen LogP contribution is -2.49. The van der Waals surface area contributed by atoms with Crippen molar-refractivity contribution in [3.8, 4) is 6.01 Å². The Bertz CT molecular complexity index is 1080. The number of aromatic nitrogens is 4. The number of nitrogens with one attached hydrogen (secondary N) is 1. The summed E-state index contributed by atoms with van der Waals surface area (Å²) in [4.78, 5) is 25.6. The molecule has 2 aliphatic heterocycles. The maximum absolute atomic E-state index is 12.6. The van der Waals surface area contributed by atoms with Crippen molar-refractivity contribution >= 4 is 22.9 Å². The Hall–Kier alpha value is -2.91. The molecule has 1 unspecified atom stereocenters. The minimum absolute atomic E-state index is 0.253. The van der Waals surface area contributed by atoms with Gasteiger partial charge < -0.3 is 14.7 Å². The van der Waals surface area contributed by atoms with Crippen LogP contribution in [0.2, 0.25) is 0 Å². The molecule has 9 heteroatoms. The third-order valence-corrected chi connectivity index (χ3v) is 5.97. The molecule has 0 amide bonds. The van der Waals surface area contributed by atoms with Gasteiger partial charge in [-0.2, -0.15) is 9.97 Å². The summed E-state index contributed by atoms with van der Waals surface area (Å²) in [6, 6.07) is 8.57. The SMILES string of the molecule is CCCCOc1nc2c3c(n1)[nH]n3C(=O)C(O)N2Cc1cccc(CN2CCCC2)c1. The number of benzene rings is 1. The van der Waals surface area contributed by atoms with E-state index in [0.717, 1.165) is 38.0 Å². The third kappa shape index (κ3) is 3.79. The predicted molar refractivity (Wildman–Crippen MR) is 116 cm³/mol. The fraction of sp³-hybridized carbons (Fsp3) is 0.500. The Morgan fingerprint density at radius 3 is 2.74 bits per heavy atom. The van der Waals surface area contributed by atoms with Crippen LogP contribution in [0.3, 0.4) is 0 Å². The van der Waals surface area contributed by atoms with Crippen LogP contribution >= 0.6 is 0 Å². The number of hydrogen-bond acceptors (Lipinski definition) is 7. The molecule has 2 N–H and O–H groups in total. The van der Waals surface area contributed by atoms with Gasteiger partial charge in [0.2, 0.25) is 6.23 Å². The first-order valence-electron chi connectivity index (χ1n) is 11.0. The molecule has 3 aromatic rings. The molecule has 9 nitrogen and oxygen atoms in total. The Kier molecular flexibility index (Phi) is 5.37. The molecular weight excluding hydrogens is 396 g/mol. The highest BCUT2D eigenvalue weighted by Crippen LogP contribution is 2.33. The van der Waals surface area contributed by atoms with Crippen molar-refractivity contribution in [2.24, 2.45) is 0 Å². The van der Waals surface area contributed by atoms with Crippen LogP contribution in [0.5, 0.6) is 6.01 Å². The molecule has 1 saturated heterocycles. The minimum atomic E-state index is -1.33. The lowest BCUT2D eigenvalue weighted by atomic mass is 10.1. The zero-order valence-corrected chi connectivity index (χ0v) is 17.8. The van der Waals surface area contributed by atoms with E-state index in [4.69, 9.17) is 4.74 Å². The van der Waals surface area contributed by atoms with Gasteiger partial charge in [-0.3, -0.25) is 14.8 Å². The van der Waals surface area contributed by atoms with Gasteiger partial charge in [0.15, 0.2) is 17.0 Å². The van der Waals surface area contributed by atoms with E-state index in [1.807, 2.05) is 12.1 Å². The summed E-state index contributed by atoms with van der Waals surface area (Å²) in [5, 5.41) is 13.6. The molecule has 0 spiro atoms. The van der Waals surface area contributed by atoms with E-state index in [2.05, 4.69) is 39.0 Å². The molecular formula is C22H28N6O3. The van der Waals surface area contributed by atoms with Gasteiger partial charge in [-0.15, -0.1) is 0 Å². The highest BCUT2D eigenvalue weighted by molar-refractivity contribution is 6.02. The molecule has 164 valence electrons. The van der Waals surface area contributed by atoms with Crippen molar-refractivity contribution < 1.29 is 14.6 Å². The standard InChI is InChI=1S/C22H28N6O3/c1-2-3-11-31-22-23-18-17-19(24-22)27(20(29)21(30)28(17)25-18)14-16-8-6-7-15(12-16)13-26-9-4-5-10-26/h6-8,12,20,29H,2-5,9-11,13-14H2,1H3,(H,23,24,25). The fourth-order valence-corrected chi connectivity index (χ4v) is 4.30. The molecule has 0 saturated carbocycles. The number of likely N-dealkylation sites (tertiary alicyclic amines) is 1.